The minimum atomic E-state index is -0.586. The summed E-state index contributed by atoms with van der Waals surface area (Å²) in [7, 11) is 0. The molecule has 0 saturated heterocycles. The van der Waals surface area contributed by atoms with E-state index < -0.39 is 5.54 Å². The normalized spacial score (nSPS) is 26.4. The summed E-state index contributed by atoms with van der Waals surface area (Å²) in [6.45, 7) is 2.17. The Morgan fingerprint density at radius 2 is 1.58 bits per heavy atom. The summed E-state index contributed by atoms with van der Waals surface area (Å²) in [5, 5.41) is 3.22. The molecule has 0 aromatic carbocycles. The van der Waals surface area contributed by atoms with Crippen LogP contribution in [0.2, 0.25) is 0 Å². The predicted molar refractivity (Wildman–Crippen MR) is 78.8 cm³/mol. The summed E-state index contributed by atoms with van der Waals surface area (Å²) in [5.74, 6) is 0.752. The number of nitrogens with one attached hydrogen (secondary N) is 1. The van der Waals surface area contributed by atoms with Crippen LogP contribution in [0.1, 0.15) is 77.6 Å². The predicted octanol–water partition coefficient (Wildman–Crippen LogP) is 3.12. The molecule has 110 valence electrons. The van der Waals surface area contributed by atoms with E-state index in [0.29, 0.717) is 5.92 Å². The topological polar surface area (TPSA) is 55.1 Å². The van der Waals surface area contributed by atoms with Gasteiger partial charge in [0.1, 0.15) is 0 Å². The van der Waals surface area contributed by atoms with Crippen LogP contribution in [0.25, 0.3) is 0 Å². The zero-order valence-electron chi connectivity index (χ0n) is 12.4. The number of carbonyl (C=O) groups excluding carboxylic acids is 1. The molecular formula is C16H30N2O. The molecule has 2 aliphatic carbocycles. The molecule has 3 heteroatoms. The quantitative estimate of drug-likeness (QED) is 0.771. The van der Waals surface area contributed by atoms with Crippen molar-refractivity contribution in [3.8, 4) is 0 Å². The van der Waals surface area contributed by atoms with Crippen molar-refractivity contribution in [2.45, 2.75) is 89.1 Å². The maximum Gasteiger partial charge on any atom is 0.240 e. The fourth-order valence-corrected chi connectivity index (χ4v) is 3.69. The third-order valence-electron chi connectivity index (χ3n) is 5.16. The number of hydrogen-bond donors (Lipinski definition) is 2. The van der Waals surface area contributed by atoms with Crippen LogP contribution in [-0.2, 0) is 4.79 Å². The Kier molecular flexibility index (Phi) is 5.26. The van der Waals surface area contributed by atoms with Crippen molar-refractivity contribution >= 4 is 5.91 Å². The van der Waals surface area contributed by atoms with Crippen LogP contribution in [0.5, 0.6) is 0 Å². The first kappa shape index (κ1) is 14.8. The monoisotopic (exact) mass is 266 g/mol. The summed E-state index contributed by atoms with van der Waals surface area (Å²) in [6.07, 6.45) is 13.0. The first-order chi connectivity index (χ1) is 9.12. The summed E-state index contributed by atoms with van der Waals surface area (Å²) in [6, 6.07) is 0.285. The standard InChI is InChI=1S/C16H30N2O/c1-13(14-9-5-2-3-6-10-14)18-15(19)16(17)11-7-4-8-12-16/h13-14H,2-12,17H2,1H3,(H,18,19)/t13-/m1/s1. The minimum absolute atomic E-state index is 0.101. The number of hydrogen-bond acceptors (Lipinski definition) is 2. The van der Waals surface area contributed by atoms with Gasteiger partial charge in [0.2, 0.25) is 5.91 Å². The van der Waals surface area contributed by atoms with Gasteiger partial charge in [0.25, 0.3) is 0 Å². The van der Waals surface area contributed by atoms with Gasteiger partial charge in [-0.15, -0.1) is 0 Å². The largest absolute Gasteiger partial charge is 0.352 e. The van der Waals surface area contributed by atoms with Crippen LogP contribution in [0.15, 0.2) is 0 Å². The molecule has 0 heterocycles. The fourth-order valence-electron chi connectivity index (χ4n) is 3.69. The number of nitrogens with two attached hydrogens (primary N) is 1. The first-order valence-corrected chi connectivity index (χ1v) is 8.22. The average Bonchev–Trinajstić information content (AvgIpc) is 2.68. The van der Waals surface area contributed by atoms with Gasteiger partial charge in [0, 0.05) is 6.04 Å². The highest BCUT2D eigenvalue weighted by atomic mass is 16.2. The van der Waals surface area contributed by atoms with Crippen LogP contribution >= 0.6 is 0 Å². The van der Waals surface area contributed by atoms with Gasteiger partial charge in [0.15, 0.2) is 0 Å². The third kappa shape index (κ3) is 3.95. The zero-order chi connectivity index (χ0) is 13.7. The molecule has 0 aliphatic heterocycles. The van der Waals surface area contributed by atoms with Crippen molar-refractivity contribution in [3.05, 3.63) is 0 Å². The Labute approximate surface area is 117 Å². The number of rotatable bonds is 3. The smallest absolute Gasteiger partial charge is 0.240 e. The SMILES string of the molecule is C[C@@H](NC(=O)C1(N)CCCCC1)C1CCCCCC1. The Hall–Kier alpha value is -0.570. The van der Waals surface area contributed by atoms with Gasteiger partial charge in [0.05, 0.1) is 5.54 Å². The maximum absolute atomic E-state index is 12.4. The van der Waals surface area contributed by atoms with Crippen molar-refractivity contribution in [1.82, 2.24) is 5.32 Å². The Balaban J connectivity index is 1.86. The highest BCUT2D eigenvalue weighted by molar-refractivity contribution is 5.86. The van der Waals surface area contributed by atoms with Gasteiger partial charge in [-0.05, 0) is 38.5 Å². The minimum Gasteiger partial charge on any atom is -0.352 e. The Bertz CT molecular complexity index is 289. The van der Waals surface area contributed by atoms with Gasteiger partial charge < -0.3 is 11.1 Å². The molecule has 0 bridgehead atoms. The van der Waals surface area contributed by atoms with Gasteiger partial charge in [-0.25, -0.2) is 0 Å². The van der Waals surface area contributed by atoms with Crippen LogP contribution in [0.3, 0.4) is 0 Å². The van der Waals surface area contributed by atoms with Gasteiger partial charge >= 0.3 is 0 Å². The average molecular weight is 266 g/mol. The van der Waals surface area contributed by atoms with Crippen molar-refractivity contribution in [2.75, 3.05) is 0 Å². The number of carbonyl (C=O) groups is 1. The second-order valence-corrected chi connectivity index (χ2v) is 6.73. The van der Waals surface area contributed by atoms with E-state index >= 15 is 0 Å². The molecule has 2 fully saturated rings. The van der Waals surface area contributed by atoms with Gasteiger partial charge in [-0.3, -0.25) is 4.79 Å². The van der Waals surface area contributed by atoms with E-state index in [4.69, 9.17) is 5.73 Å². The van der Waals surface area contributed by atoms with Gasteiger partial charge in [-0.2, -0.15) is 0 Å². The van der Waals surface area contributed by atoms with Crippen LogP contribution in [-0.4, -0.2) is 17.5 Å². The zero-order valence-corrected chi connectivity index (χ0v) is 12.4. The summed E-state index contributed by atoms with van der Waals surface area (Å²) in [4.78, 5) is 12.4. The van der Waals surface area contributed by atoms with Crippen molar-refractivity contribution < 1.29 is 4.79 Å². The third-order valence-corrected chi connectivity index (χ3v) is 5.16. The number of amides is 1. The lowest BCUT2D eigenvalue weighted by Crippen LogP contribution is -2.57. The molecule has 0 unspecified atom stereocenters. The molecule has 3 N–H and O–H groups in total. The first-order valence-electron chi connectivity index (χ1n) is 8.22. The summed E-state index contributed by atoms with van der Waals surface area (Å²) < 4.78 is 0. The van der Waals surface area contributed by atoms with E-state index in [1.54, 1.807) is 0 Å². The van der Waals surface area contributed by atoms with Crippen molar-refractivity contribution in [3.63, 3.8) is 0 Å². The van der Waals surface area contributed by atoms with E-state index in [9.17, 15) is 4.79 Å². The second-order valence-electron chi connectivity index (χ2n) is 6.73. The molecule has 2 aliphatic rings. The molecule has 0 radical (unpaired) electrons. The van der Waals surface area contributed by atoms with E-state index in [1.807, 2.05) is 0 Å². The molecule has 3 nitrogen and oxygen atoms in total. The molecule has 2 rings (SSSR count). The van der Waals surface area contributed by atoms with Crippen LogP contribution < -0.4 is 11.1 Å². The van der Waals surface area contributed by atoms with Crippen molar-refractivity contribution in [1.29, 1.82) is 0 Å². The Morgan fingerprint density at radius 3 is 2.16 bits per heavy atom. The maximum atomic E-state index is 12.4. The second kappa shape index (κ2) is 6.74. The lowest BCUT2D eigenvalue weighted by atomic mass is 9.81. The molecule has 2 saturated carbocycles. The highest BCUT2D eigenvalue weighted by Gasteiger charge is 2.36. The van der Waals surface area contributed by atoms with Crippen LogP contribution in [0.4, 0.5) is 0 Å². The molecule has 0 aromatic heterocycles. The molecule has 0 aromatic rings. The van der Waals surface area contributed by atoms with E-state index in [1.165, 1.54) is 44.9 Å². The molecular weight excluding hydrogens is 236 g/mol. The lowest BCUT2D eigenvalue weighted by Gasteiger charge is -2.34. The van der Waals surface area contributed by atoms with Crippen molar-refractivity contribution in [2.24, 2.45) is 11.7 Å². The molecule has 19 heavy (non-hydrogen) atoms. The van der Waals surface area contributed by atoms with E-state index in [0.717, 1.165) is 25.7 Å². The van der Waals surface area contributed by atoms with Gasteiger partial charge in [-0.1, -0.05) is 44.9 Å². The summed E-state index contributed by atoms with van der Waals surface area (Å²) in [5.41, 5.74) is 5.71. The lowest BCUT2D eigenvalue weighted by molar-refractivity contribution is -0.128. The van der Waals surface area contributed by atoms with E-state index in [-0.39, 0.29) is 11.9 Å². The fraction of sp³-hybridized carbons (Fsp3) is 0.938. The highest BCUT2D eigenvalue weighted by Crippen LogP contribution is 2.28. The molecule has 0 spiro atoms. The molecule has 1 amide bonds. The van der Waals surface area contributed by atoms with E-state index in [2.05, 4.69) is 12.2 Å². The van der Waals surface area contributed by atoms with Crippen LogP contribution in [0, 0.1) is 5.92 Å². The summed E-state index contributed by atoms with van der Waals surface area (Å²) >= 11 is 0. The molecule has 1 atom stereocenters. The Morgan fingerprint density at radius 1 is 1.05 bits per heavy atom.